The summed E-state index contributed by atoms with van der Waals surface area (Å²) < 4.78 is 34.2. The number of hydrogen-bond acceptors (Lipinski definition) is 4. The van der Waals surface area contributed by atoms with E-state index in [4.69, 9.17) is 4.74 Å². The van der Waals surface area contributed by atoms with Crippen LogP contribution in [0.1, 0.15) is 48.9 Å². The van der Waals surface area contributed by atoms with E-state index in [1.807, 2.05) is 13.0 Å². The highest BCUT2D eigenvalue weighted by Crippen LogP contribution is 2.34. The zero-order valence-electron chi connectivity index (χ0n) is 16.8. The van der Waals surface area contributed by atoms with Crippen LogP contribution >= 0.6 is 0 Å². The molecule has 0 saturated carbocycles. The third-order valence-corrected chi connectivity index (χ3v) is 7.32. The smallest absolute Gasteiger partial charge is 0.241 e. The Morgan fingerprint density at radius 3 is 2.55 bits per heavy atom. The molecule has 1 saturated heterocycles. The number of nitrogens with zero attached hydrogens (tertiary/aromatic N) is 1. The third kappa shape index (κ3) is 3.89. The molecule has 0 aromatic heterocycles. The molecule has 1 aliphatic carbocycles. The molecule has 1 fully saturated rings. The second-order valence-electron chi connectivity index (χ2n) is 7.71. The van der Waals surface area contributed by atoms with E-state index in [1.54, 1.807) is 11.0 Å². The van der Waals surface area contributed by atoms with E-state index >= 15 is 0 Å². The molecular weight excluding hydrogens is 388 g/mol. The molecule has 1 aliphatic heterocycles. The Bertz CT molecular complexity index is 1050. The van der Waals surface area contributed by atoms with Crippen molar-refractivity contribution in [3.63, 3.8) is 0 Å². The number of rotatable bonds is 6. The number of fused-ring (bicyclic) bond motifs is 1. The second kappa shape index (κ2) is 7.80. The second-order valence-corrected chi connectivity index (χ2v) is 9.42. The van der Waals surface area contributed by atoms with Crippen LogP contribution in [0.15, 0.2) is 41.3 Å². The average Bonchev–Trinajstić information content (AvgIpc) is 3.35. The van der Waals surface area contributed by atoms with E-state index < -0.39 is 10.0 Å². The normalized spacial score (nSPS) is 17.4. The zero-order chi connectivity index (χ0) is 20.6. The van der Waals surface area contributed by atoms with Crippen LogP contribution in [-0.4, -0.2) is 28.0 Å². The summed E-state index contributed by atoms with van der Waals surface area (Å²) in [5.41, 5.74) is 4.13. The Kier molecular flexibility index (Phi) is 5.36. The summed E-state index contributed by atoms with van der Waals surface area (Å²) in [6, 6.07) is 10.5. The summed E-state index contributed by atoms with van der Waals surface area (Å²) in [6.45, 7) is 2.42. The molecule has 29 heavy (non-hydrogen) atoms. The Hall–Kier alpha value is -2.38. The minimum atomic E-state index is -3.76. The minimum Gasteiger partial charge on any atom is -0.495 e. The van der Waals surface area contributed by atoms with Gasteiger partial charge in [-0.3, -0.25) is 4.79 Å². The zero-order valence-corrected chi connectivity index (χ0v) is 17.6. The van der Waals surface area contributed by atoms with Crippen molar-refractivity contribution in [1.82, 2.24) is 4.72 Å². The van der Waals surface area contributed by atoms with Gasteiger partial charge in [-0.2, -0.15) is 0 Å². The van der Waals surface area contributed by atoms with Crippen LogP contribution in [0.25, 0.3) is 0 Å². The monoisotopic (exact) mass is 414 g/mol. The van der Waals surface area contributed by atoms with Gasteiger partial charge in [0, 0.05) is 19.0 Å². The maximum Gasteiger partial charge on any atom is 0.241 e. The number of benzene rings is 2. The number of carbonyl (C=O) groups excluding carboxylic acids is 1. The molecule has 1 atom stereocenters. The summed E-state index contributed by atoms with van der Waals surface area (Å²) in [7, 11) is -2.24. The van der Waals surface area contributed by atoms with Crippen molar-refractivity contribution in [3.05, 3.63) is 53.1 Å². The summed E-state index contributed by atoms with van der Waals surface area (Å²) in [5, 5.41) is 0. The predicted molar refractivity (Wildman–Crippen MR) is 112 cm³/mol. The molecule has 6 nitrogen and oxygen atoms in total. The van der Waals surface area contributed by atoms with Crippen LogP contribution < -0.4 is 14.4 Å². The van der Waals surface area contributed by atoms with Gasteiger partial charge in [0.2, 0.25) is 15.9 Å². The van der Waals surface area contributed by atoms with Gasteiger partial charge in [-0.05, 0) is 67.5 Å². The fraction of sp³-hybridized carbons (Fsp3) is 0.409. The lowest BCUT2D eigenvalue weighted by atomic mass is 10.0. The maximum absolute atomic E-state index is 13.0. The Morgan fingerprint density at radius 1 is 1.03 bits per heavy atom. The molecule has 1 N–H and O–H groups in total. The number of amides is 1. The van der Waals surface area contributed by atoms with Crippen molar-refractivity contribution < 1.29 is 17.9 Å². The lowest BCUT2D eigenvalue weighted by Gasteiger charge is -2.21. The molecule has 1 unspecified atom stereocenters. The quantitative estimate of drug-likeness (QED) is 0.787. The number of hydrogen-bond donors (Lipinski definition) is 1. The molecule has 2 aliphatic rings. The van der Waals surface area contributed by atoms with E-state index in [-0.39, 0.29) is 16.8 Å². The van der Waals surface area contributed by atoms with Crippen LogP contribution in [0.2, 0.25) is 0 Å². The standard InChI is InChI=1S/C22H26N2O4S/c1-15(17-9-8-16-5-3-6-18(16)13-17)23-29(26,27)19-10-11-21(28-2)20(14-19)24-12-4-7-22(24)25/h8-11,13-15,23H,3-7,12H2,1-2H3. The van der Waals surface area contributed by atoms with Gasteiger partial charge >= 0.3 is 0 Å². The summed E-state index contributed by atoms with van der Waals surface area (Å²) in [6.07, 6.45) is 4.52. The number of nitrogens with one attached hydrogen (secondary N) is 1. The topological polar surface area (TPSA) is 75.7 Å². The van der Waals surface area contributed by atoms with Crippen molar-refractivity contribution in [2.75, 3.05) is 18.6 Å². The highest BCUT2D eigenvalue weighted by molar-refractivity contribution is 7.89. The number of anilines is 1. The number of aryl methyl sites for hydroxylation is 2. The predicted octanol–water partition coefficient (Wildman–Crippen LogP) is 3.35. The Balaban J connectivity index is 1.60. The highest BCUT2D eigenvalue weighted by Gasteiger charge is 2.27. The van der Waals surface area contributed by atoms with Gasteiger partial charge in [-0.25, -0.2) is 13.1 Å². The Labute approximate surface area is 171 Å². The van der Waals surface area contributed by atoms with Crippen molar-refractivity contribution in [2.24, 2.45) is 0 Å². The van der Waals surface area contributed by atoms with Crippen LogP contribution in [0.4, 0.5) is 5.69 Å². The van der Waals surface area contributed by atoms with Gasteiger partial charge in [0.25, 0.3) is 0 Å². The number of sulfonamides is 1. The van der Waals surface area contributed by atoms with Gasteiger partial charge < -0.3 is 9.64 Å². The molecular formula is C22H26N2O4S. The van der Waals surface area contributed by atoms with E-state index in [0.29, 0.717) is 24.4 Å². The van der Waals surface area contributed by atoms with Crippen LogP contribution in [0.3, 0.4) is 0 Å². The number of carbonyl (C=O) groups is 1. The summed E-state index contributed by atoms with van der Waals surface area (Å²) >= 11 is 0. The van der Waals surface area contributed by atoms with Crippen LogP contribution in [0.5, 0.6) is 5.75 Å². The molecule has 154 valence electrons. The van der Waals surface area contributed by atoms with E-state index in [9.17, 15) is 13.2 Å². The maximum atomic E-state index is 13.0. The molecule has 1 amide bonds. The lowest BCUT2D eigenvalue weighted by Crippen LogP contribution is -2.28. The molecule has 4 rings (SSSR count). The molecule has 1 heterocycles. The first-order chi connectivity index (χ1) is 13.9. The van der Waals surface area contributed by atoms with Gasteiger partial charge in [0.05, 0.1) is 17.7 Å². The van der Waals surface area contributed by atoms with Gasteiger partial charge in [0.15, 0.2) is 0 Å². The summed E-state index contributed by atoms with van der Waals surface area (Å²) in [5.74, 6) is 0.475. The van der Waals surface area contributed by atoms with Crippen molar-refractivity contribution in [3.8, 4) is 5.75 Å². The van der Waals surface area contributed by atoms with E-state index in [0.717, 1.165) is 31.2 Å². The Morgan fingerprint density at radius 2 is 1.83 bits per heavy atom. The summed E-state index contributed by atoms with van der Waals surface area (Å²) in [4.78, 5) is 13.9. The molecule has 0 radical (unpaired) electrons. The first-order valence-corrected chi connectivity index (χ1v) is 11.5. The fourth-order valence-corrected chi connectivity index (χ4v) is 5.43. The van der Waals surface area contributed by atoms with E-state index in [2.05, 4.69) is 16.9 Å². The first-order valence-electron chi connectivity index (χ1n) is 10.0. The van der Waals surface area contributed by atoms with Gasteiger partial charge in [0.1, 0.15) is 5.75 Å². The average molecular weight is 415 g/mol. The molecule has 0 bridgehead atoms. The SMILES string of the molecule is COc1ccc(S(=O)(=O)NC(C)c2ccc3c(c2)CCC3)cc1N1CCCC1=O. The largest absolute Gasteiger partial charge is 0.495 e. The van der Waals surface area contributed by atoms with Crippen molar-refractivity contribution in [2.45, 2.75) is 50.0 Å². The number of methoxy groups -OCH3 is 1. The van der Waals surface area contributed by atoms with Crippen molar-refractivity contribution in [1.29, 1.82) is 0 Å². The third-order valence-electron chi connectivity index (χ3n) is 5.78. The molecule has 2 aromatic carbocycles. The van der Waals surface area contributed by atoms with Crippen LogP contribution in [0, 0.1) is 0 Å². The van der Waals surface area contributed by atoms with Crippen molar-refractivity contribution >= 4 is 21.6 Å². The van der Waals surface area contributed by atoms with Crippen LogP contribution in [-0.2, 0) is 27.7 Å². The first kappa shape index (κ1) is 19.9. The minimum absolute atomic E-state index is 0.0164. The highest BCUT2D eigenvalue weighted by atomic mass is 32.2. The molecule has 7 heteroatoms. The molecule has 0 spiro atoms. The lowest BCUT2D eigenvalue weighted by molar-refractivity contribution is -0.117. The van der Waals surface area contributed by atoms with Gasteiger partial charge in [-0.1, -0.05) is 18.2 Å². The van der Waals surface area contributed by atoms with E-state index in [1.165, 1.54) is 30.4 Å². The molecule has 2 aromatic rings. The fourth-order valence-electron chi connectivity index (χ4n) is 4.18. The van der Waals surface area contributed by atoms with Gasteiger partial charge in [-0.15, -0.1) is 0 Å². The number of ether oxygens (including phenoxy) is 1.